The van der Waals surface area contributed by atoms with E-state index in [4.69, 9.17) is 0 Å². The second kappa shape index (κ2) is 5.76. The minimum Gasteiger partial charge on any atom is -0.381 e. The molecule has 0 saturated heterocycles. The standard InChI is InChI=1S/C18H21FO/c1-4-5-14-7-10-15(11-8-14)18(3,20)16-9-6-13(2)17(19)12-16/h6-12,20H,4-5H2,1-3H3. The average Bonchev–Trinajstić information content (AvgIpc) is 2.43. The number of aryl methyl sites for hydroxylation is 2. The Balaban J connectivity index is 2.35. The van der Waals surface area contributed by atoms with E-state index in [1.54, 1.807) is 26.0 Å². The van der Waals surface area contributed by atoms with Crippen molar-refractivity contribution in [1.29, 1.82) is 0 Å². The molecule has 0 heterocycles. The van der Waals surface area contributed by atoms with Crippen molar-refractivity contribution in [2.45, 2.75) is 39.2 Å². The molecule has 1 unspecified atom stereocenters. The van der Waals surface area contributed by atoms with Crippen LogP contribution in [-0.2, 0) is 12.0 Å². The minimum absolute atomic E-state index is 0.287. The van der Waals surface area contributed by atoms with Crippen LogP contribution in [0.1, 0.15) is 42.5 Å². The van der Waals surface area contributed by atoms with Crippen molar-refractivity contribution in [3.05, 3.63) is 70.5 Å². The number of halogens is 1. The predicted octanol–water partition coefficient (Wildman–Crippen LogP) is 4.34. The van der Waals surface area contributed by atoms with E-state index in [1.807, 2.05) is 24.3 Å². The summed E-state index contributed by atoms with van der Waals surface area (Å²) in [6, 6.07) is 12.8. The van der Waals surface area contributed by atoms with Gasteiger partial charge in [0.2, 0.25) is 0 Å². The first kappa shape index (κ1) is 14.7. The molecule has 0 fully saturated rings. The third-order valence-electron chi connectivity index (χ3n) is 3.79. The highest BCUT2D eigenvalue weighted by Crippen LogP contribution is 2.30. The Labute approximate surface area is 120 Å². The lowest BCUT2D eigenvalue weighted by Gasteiger charge is -2.25. The molecule has 0 amide bonds. The third-order valence-corrected chi connectivity index (χ3v) is 3.79. The Morgan fingerprint density at radius 1 is 1.05 bits per heavy atom. The van der Waals surface area contributed by atoms with Crippen LogP contribution in [0.5, 0.6) is 0 Å². The quantitative estimate of drug-likeness (QED) is 0.877. The lowest BCUT2D eigenvalue weighted by atomic mass is 9.87. The van der Waals surface area contributed by atoms with E-state index < -0.39 is 5.60 Å². The second-order valence-electron chi connectivity index (χ2n) is 5.48. The monoisotopic (exact) mass is 272 g/mol. The molecule has 0 aromatic heterocycles. The molecule has 0 aliphatic rings. The summed E-state index contributed by atoms with van der Waals surface area (Å²) in [5, 5.41) is 10.7. The van der Waals surface area contributed by atoms with E-state index in [1.165, 1.54) is 11.6 Å². The lowest BCUT2D eigenvalue weighted by molar-refractivity contribution is 0.102. The van der Waals surface area contributed by atoms with Gasteiger partial charge in [0.05, 0.1) is 0 Å². The lowest BCUT2D eigenvalue weighted by Crippen LogP contribution is -2.23. The molecule has 0 aliphatic carbocycles. The first-order valence-corrected chi connectivity index (χ1v) is 7.03. The van der Waals surface area contributed by atoms with Crippen molar-refractivity contribution in [3.8, 4) is 0 Å². The van der Waals surface area contributed by atoms with Crippen LogP contribution in [0, 0.1) is 12.7 Å². The summed E-state index contributed by atoms with van der Waals surface area (Å²) in [6.07, 6.45) is 2.13. The summed E-state index contributed by atoms with van der Waals surface area (Å²) in [5.74, 6) is -0.287. The maximum atomic E-state index is 13.7. The van der Waals surface area contributed by atoms with Gasteiger partial charge in [-0.25, -0.2) is 4.39 Å². The van der Waals surface area contributed by atoms with Crippen molar-refractivity contribution in [1.82, 2.24) is 0 Å². The van der Waals surface area contributed by atoms with Crippen LogP contribution in [0.25, 0.3) is 0 Å². The first-order chi connectivity index (χ1) is 9.45. The summed E-state index contributed by atoms with van der Waals surface area (Å²) < 4.78 is 13.7. The molecule has 106 valence electrons. The van der Waals surface area contributed by atoms with Gasteiger partial charge in [-0.15, -0.1) is 0 Å². The highest BCUT2D eigenvalue weighted by Gasteiger charge is 2.26. The van der Waals surface area contributed by atoms with Crippen LogP contribution in [0.15, 0.2) is 42.5 Å². The van der Waals surface area contributed by atoms with Gasteiger partial charge in [-0.05, 0) is 48.6 Å². The molecule has 2 aromatic carbocycles. The van der Waals surface area contributed by atoms with Gasteiger partial charge in [-0.3, -0.25) is 0 Å². The molecular weight excluding hydrogens is 251 g/mol. The smallest absolute Gasteiger partial charge is 0.126 e. The Morgan fingerprint density at radius 3 is 2.20 bits per heavy atom. The molecule has 0 spiro atoms. The van der Waals surface area contributed by atoms with E-state index in [0.717, 1.165) is 18.4 Å². The van der Waals surface area contributed by atoms with Gasteiger partial charge in [-0.1, -0.05) is 49.7 Å². The van der Waals surface area contributed by atoms with Crippen LogP contribution in [-0.4, -0.2) is 5.11 Å². The first-order valence-electron chi connectivity index (χ1n) is 7.03. The number of rotatable bonds is 4. The van der Waals surface area contributed by atoms with E-state index in [9.17, 15) is 9.50 Å². The molecule has 1 N–H and O–H groups in total. The zero-order valence-electron chi connectivity index (χ0n) is 12.3. The average molecular weight is 272 g/mol. The largest absolute Gasteiger partial charge is 0.381 e. The van der Waals surface area contributed by atoms with Gasteiger partial charge >= 0.3 is 0 Å². The normalized spacial score (nSPS) is 14.1. The van der Waals surface area contributed by atoms with Crippen LogP contribution in [0.4, 0.5) is 4.39 Å². The van der Waals surface area contributed by atoms with Gasteiger partial charge in [0.25, 0.3) is 0 Å². The van der Waals surface area contributed by atoms with Crippen molar-refractivity contribution in [2.24, 2.45) is 0 Å². The Bertz CT molecular complexity index is 585. The molecule has 0 aliphatic heterocycles. The minimum atomic E-state index is -1.18. The highest BCUT2D eigenvalue weighted by atomic mass is 19.1. The summed E-state index contributed by atoms with van der Waals surface area (Å²) in [6.45, 7) is 5.55. The van der Waals surface area contributed by atoms with Crippen molar-refractivity contribution < 1.29 is 9.50 Å². The summed E-state index contributed by atoms with van der Waals surface area (Å²) in [5.41, 5.74) is 2.01. The van der Waals surface area contributed by atoms with E-state index in [0.29, 0.717) is 11.1 Å². The molecule has 1 nitrogen and oxygen atoms in total. The molecular formula is C18H21FO. The number of aliphatic hydroxyl groups is 1. The number of hydrogen-bond donors (Lipinski definition) is 1. The summed E-state index contributed by atoms with van der Waals surface area (Å²) in [7, 11) is 0. The van der Waals surface area contributed by atoms with Gasteiger partial charge in [0.1, 0.15) is 11.4 Å². The third kappa shape index (κ3) is 2.91. The molecule has 2 rings (SSSR count). The Hall–Kier alpha value is -1.67. The molecule has 2 aromatic rings. The van der Waals surface area contributed by atoms with E-state index >= 15 is 0 Å². The van der Waals surface area contributed by atoms with Gasteiger partial charge < -0.3 is 5.11 Å². The van der Waals surface area contributed by atoms with Crippen LogP contribution >= 0.6 is 0 Å². The summed E-state index contributed by atoms with van der Waals surface area (Å²) in [4.78, 5) is 0. The number of benzene rings is 2. The second-order valence-corrected chi connectivity index (χ2v) is 5.48. The van der Waals surface area contributed by atoms with Gasteiger partial charge in [0, 0.05) is 0 Å². The van der Waals surface area contributed by atoms with Crippen LogP contribution in [0.2, 0.25) is 0 Å². The molecule has 0 bridgehead atoms. The van der Waals surface area contributed by atoms with Gasteiger partial charge in [-0.2, -0.15) is 0 Å². The van der Waals surface area contributed by atoms with Crippen LogP contribution < -0.4 is 0 Å². The Kier molecular flexibility index (Phi) is 4.24. The highest BCUT2D eigenvalue weighted by molar-refractivity contribution is 5.38. The maximum Gasteiger partial charge on any atom is 0.126 e. The van der Waals surface area contributed by atoms with E-state index in [-0.39, 0.29) is 5.82 Å². The molecule has 1 atom stereocenters. The molecule has 0 saturated carbocycles. The van der Waals surface area contributed by atoms with Crippen LogP contribution in [0.3, 0.4) is 0 Å². The maximum absolute atomic E-state index is 13.7. The zero-order chi connectivity index (χ0) is 14.8. The molecule has 0 radical (unpaired) electrons. The van der Waals surface area contributed by atoms with Gasteiger partial charge in [0.15, 0.2) is 0 Å². The fourth-order valence-corrected chi connectivity index (χ4v) is 2.35. The van der Waals surface area contributed by atoms with Crippen molar-refractivity contribution in [3.63, 3.8) is 0 Å². The Morgan fingerprint density at radius 2 is 1.65 bits per heavy atom. The molecule has 20 heavy (non-hydrogen) atoms. The zero-order valence-corrected chi connectivity index (χ0v) is 12.3. The topological polar surface area (TPSA) is 20.2 Å². The van der Waals surface area contributed by atoms with Crippen molar-refractivity contribution >= 4 is 0 Å². The van der Waals surface area contributed by atoms with E-state index in [2.05, 4.69) is 6.92 Å². The fraction of sp³-hybridized carbons (Fsp3) is 0.333. The predicted molar refractivity (Wildman–Crippen MR) is 80.2 cm³/mol. The number of hydrogen-bond acceptors (Lipinski definition) is 1. The molecule has 2 heteroatoms. The van der Waals surface area contributed by atoms with Crippen molar-refractivity contribution in [2.75, 3.05) is 0 Å². The fourth-order valence-electron chi connectivity index (χ4n) is 2.35. The summed E-state index contributed by atoms with van der Waals surface area (Å²) >= 11 is 0. The SMILES string of the molecule is CCCc1ccc(C(C)(O)c2ccc(C)c(F)c2)cc1.